The minimum atomic E-state index is 0.595. The van der Waals surface area contributed by atoms with Crippen LogP contribution in [0.1, 0.15) is 23.3 Å². The van der Waals surface area contributed by atoms with E-state index < -0.39 is 0 Å². The van der Waals surface area contributed by atoms with E-state index in [0.29, 0.717) is 13.2 Å². The molecule has 0 spiro atoms. The molecule has 94 valence electrons. The Morgan fingerprint density at radius 1 is 1.11 bits per heavy atom. The molecule has 0 radical (unpaired) electrons. The van der Waals surface area contributed by atoms with E-state index in [1.165, 1.54) is 5.56 Å². The van der Waals surface area contributed by atoms with Gasteiger partial charge < -0.3 is 9.15 Å². The van der Waals surface area contributed by atoms with E-state index in [0.717, 1.165) is 24.2 Å². The Bertz CT molecular complexity index is 471. The number of allylic oxidation sites excluding steroid dienone is 1. The maximum absolute atomic E-state index is 5.70. The summed E-state index contributed by atoms with van der Waals surface area (Å²) in [6.45, 7) is 4.95. The standard InChI is InChI=1S/C16H18O2/c1-2-3-9-16-15(10-11-18-16)13-17-12-14-7-5-4-6-8-14/h2,4-8,10-11H,1,3,9,12-13H2. The molecule has 0 aliphatic carbocycles. The Balaban J connectivity index is 1.83. The summed E-state index contributed by atoms with van der Waals surface area (Å²) >= 11 is 0. The summed E-state index contributed by atoms with van der Waals surface area (Å²) in [6.07, 6.45) is 5.44. The summed E-state index contributed by atoms with van der Waals surface area (Å²) in [6, 6.07) is 12.1. The second-order valence-corrected chi connectivity index (χ2v) is 4.17. The fraction of sp³-hybridized carbons (Fsp3) is 0.250. The summed E-state index contributed by atoms with van der Waals surface area (Å²) < 4.78 is 11.1. The molecule has 0 amide bonds. The number of benzene rings is 1. The van der Waals surface area contributed by atoms with Crippen LogP contribution < -0.4 is 0 Å². The quantitative estimate of drug-likeness (QED) is 0.681. The van der Waals surface area contributed by atoms with Gasteiger partial charge in [0.25, 0.3) is 0 Å². The molecule has 0 aliphatic heterocycles. The highest BCUT2D eigenvalue weighted by Gasteiger charge is 2.05. The van der Waals surface area contributed by atoms with Crippen molar-refractivity contribution in [1.82, 2.24) is 0 Å². The lowest BCUT2D eigenvalue weighted by atomic mass is 10.2. The van der Waals surface area contributed by atoms with Crippen molar-refractivity contribution in [1.29, 1.82) is 0 Å². The third-order valence-electron chi connectivity index (χ3n) is 2.78. The molecule has 0 bridgehead atoms. The fourth-order valence-electron chi connectivity index (χ4n) is 1.80. The number of ether oxygens (including phenoxy) is 1. The molecule has 0 saturated heterocycles. The van der Waals surface area contributed by atoms with Gasteiger partial charge in [-0.25, -0.2) is 0 Å². The van der Waals surface area contributed by atoms with E-state index in [1.807, 2.05) is 30.3 Å². The summed E-state index contributed by atoms with van der Waals surface area (Å²) in [5, 5.41) is 0. The molecular formula is C16H18O2. The van der Waals surface area contributed by atoms with Gasteiger partial charge in [-0.3, -0.25) is 0 Å². The molecule has 0 fully saturated rings. The third kappa shape index (κ3) is 3.60. The maximum atomic E-state index is 5.70. The number of hydrogen-bond donors (Lipinski definition) is 0. The van der Waals surface area contributed by atoms with Crippen molar-refractivity contribution in [3.8, 4) is 0 Å². The van der Waals surface area contributed by atoms with E-state index in [4.69, 9.17) is 9.15 Å². The molecular weight excluding hydrogens is 224 g/mol. The molecule has 0 unspecified atom stereocenters. The van der Waals surface area contributed by atoms with Crippen molar-refractivity contribution >= 4 is 0 Å². The molecule has 2 nitrogen and oxygen atoms in total. The third-order valence-corrected chi connectivity index (χ3v) is 2.78. The monoisotopic (exact) mass is 242 g/mol. The molecule has 18 heavy (non-hydrogen) atoms. The first kappa shape index (κ1) is 12.7. The van der Waals surface area contributed by atoms with Crippen molar-refractivity contribution in [3.05, 3.63) is 72.2 Å². The smallest absolute Gasteiger partial charge is 0.109 e. The van der Waals surface area contributed by atoms with Crippen LogP contribution in [0, 0.1) is 0 Å². The van der Waals surface area contributed by atoms with Crippen LogP contribution >= 0.6 is 0 Å². The molecule has 2 heteroatoms. The van der Waals surface area contributed by atoms with Crippen molar-refractivity contribution < 1.29 is 9.15 Å². The highest BCUT2D eigenvalue weighted by Crippen LogP contribution is 2.15. The molecule has 0 aliphatic rings. The second-order valence-electron chi connectivity index (χ2n) is 4.17. The highest BCUT2D eigenvalue weighted by molar-refractivity contribution is 5.17. The van der Waals surface area contributed by atoms with Crippen LogP contribution in [0.2, 0.25) is 0 Å². The molecule has 2 rings (SSSR count). The topological polar surface area (TPSA) is 22.4 Å². The minimum Gasteiger partial charge on any atom is -0.469 e. The molecule has 0 atom stereocenters. The number of rotatable bonds is 7. The molecule has 0 saturated carbocycles. The zero-order chi connectivity index (χ0) is 12.6. The fourth-order valence-corrected chi connectivity index (χ4v) is 1.80. The maximum Gasteiger partial charge on any atom is 0.109 e. The van der Waals surface area contributed by atoms with Crippen LogP contribution in [-0.4, -0.2) is 0 Å². The Morgan fingerprint density at radius 2 is 1.94 bits per heavy atom. The normalized spacial score (nSPS) is 10.4. The zero-order valence-electron chi connectivity index (χ0n) is 10.5. The molecule has 2 aromatic rings. The lowest BCUT2D eigenvalue weighted by Gasteiger charge is -2.04. The Labute approximate surface area is 108 Å². The lowest BCUT2D eigenvalue weighted by Crippen LogP contribution is -1.96. The average Bonchev–Trinajstić information content (AvgIpc) is 2.85. The zero-order valence-corrected chi connectivity index (χ0v) is 10.5. The van der Waals surface area contributed by atoms with Crippen LogP contribution in [0.25, 0.3) is 0 Å². The van der Waals surface area contributed by atoms with Gasteiger partial charge in [0.1, 0.15) is 5.76 Å². The van der Waals surface area contributed by atoms with Crippen LogP contribution in [0.4, 0.5) is 0 Å². The van der Waals surface area contributed by atoms with Crippen LogP contribution in [-0.2, 0) is 24.4 Å². The van der Waals surface area contributed by atoms with Gasteiger partial charge in [0, 0.05) is 12.0 Å². The van der Waals surface area contributed by atoms with E-state index in [-0.39, 0.29) is 0 Å². The predicted molar refractivity (Wildman–Crippen MR) is 72.2 cm³/mol. The first-order valence-electron chi connectivity index (χ1n) is 6.18. The van der Waals surface area contributed by atoms with Crippen molar-refractivity contribution in [2.24, 2.45) is 0 Å². The van der Waals surface area contributed by atoms with Gasteiger partial charge in [0.05, 0.1) is 19.5 Å². The molecule has 1 aromatic heterocycles. The summed E-state index contributed by atoms with van der Waals surface area (Å²) in [7, 11) is 0. The van der Waals surface area contributed by atoms with Crippen LogP contribution in [0.3, 0.4) is 0 Å². The predicted octanol–water partition coefficient (Wildman–Crippen LogP) is 4.12. The van der Waals surface area contributed by atoms with Crippen LogP contribution in [0.5, 0.6) is 0 Å². The number of aryl methyl sites for hydroxylation is 1. The van der Waals surface area contributed by atoms with E-state index >= 15 is 0 Å². The van der Waals surface area contributed by atoms with Gasteiger partial charge in [-0.1, -0.05) is 36.4 Å². The van der Waals surface area contributed by atoms with E-state index in [1.54, 1.807) is 6.26 Å². The van der Waals surface area contributed by atoms with Gasteiger partial charge in [-0.15, -0.1) is 6.58 Å². The average molecular weight is 242 g/mol. The van der Waals surface area contributed by atoms with E-state index in [2.05, 4.69) is 18.7 Å². The SMILES string of the molecule is C=CCCc1occc1COCc1ccccc1. The van der Waals surface area contributed by atoms with E-state index in [9.17, 15) is 0 Å². The Kier molecular flexibility index (Phi) is 4.79. The summed E-state index contributed by atoms with van der Waals surface area (Å²) in [5.41, 5.74) is 2.32. The second kappa shape index (κ2) is 6.82. The first-order chi connectivity index (χ1) is 8.90. The largest absolute Gasteiger partial charge is 0.469 e. The van der Waals surface area contributed by atoms with Crippen molar-refractivity contribution in [2.45, 2.75) is 26.1 Å². The molecule has 1 aromatic carbocycles. The Morgan fingerprint density at radius 3 is 2.72 bits per heavy atom. The lowest BCUT2D eigenvalue weighted by molar-refractivity contribution is 0.106. The summed E-state index contributed by atoms with van der Waals surface area (Å²) in [5.74, 6) is 1.00. The van der Waals surface area contributed by atoms with Gasteiger partial charge in [0.15, 0.2) is 0 Å². The van der Waals surface area contributed by atoms with Crippen molar-refractivity contribution in [2.75, 3.05) is 0 Å². The minimum absolute atomic E-state index is 0.595. The van der Waals surface area contributed by atoms with Gasteiger partial charge in [0.2, 0.25) is 0 Å². The van der Waals surface area contributed by atoms with Gasteiger partial charge in [-0.2, -0.15) is 0 Å². The first-order valence-corrected chi connectivity index (χ1v) is 6.18. The van der Waals surface area contributed by atoms with Gasteiger partial charge in [-0.05, 0) is 18.1 Å². The summed E-state index contributed by atoms with van der Waals surface area (Å²) in [4.78, 5) is 0. The van der Waals surface area contributed by atoms with Gasteiger partial charge >= 0.3 is 0 Å². The molecule has 0 N–H and O–H groups in total. The Hall–Kier alpha value is -1.80. The number of hydrogen-bond acceptors (Lipinski definition) is 2. The number of furan rings is 1. The van der Waals surface area contributed by atoms with Crippen LogP contribution in [0.15, 0.2) is 59.7 Å². The molecule has 1 heterocycles. The highest BCUT2D eigenvalue weighted by atomic mass is 16.5. The van der Waals surface area contributed by atoms with Crippen molar-refractivity contribution in [3.63, 3.8) is 0 Å².